The first-order chi connectivity index (χ1) is 19.3. The molecule has 0 bridgehead atoms. The van der Waals surface area contributed by atoms with Gasteiger partial charge in [-0.15, -0.1) is 0 Å². The molecular weight excluding hydrogens is 520 g/mol. The van der Waals surface area contributed by atoms with Gasteiger partial charge in [0.2, 0.25) is 0 Å². The zero-order valence-electron chi connectivity index (χ0n) is 24.5. The Morgan fingerprint density at radius 2 is 1.70 bits per heavy atom. The second-order valence-electron chi connectivity index (χ2n) is 11.4. The zero-order valence-corrected chi connectivity index (χ0v) is 24.5. The summed E-state index contributed by atoms with van der Waals surface area (Å²) in [5.41, 5.74) is 1.07. The van der Waals surface area contributed by atoms with Crippen molar-refractivity contribution in [2.45, 2.75) is 95.2 Å². The summed E-state index contributed by atoms with van der Waals surface area (Å²) in [4.78, 5) is 11.7. The van der Waals surface area contributed by atoms with Crippen molar-refractivity contribution in [3.8, 4) is 5.75 Å². The number of carboxylic acids is 1. The summed E-state index contributed by atoms with van der Waals surface area (Å²) in [6.07, 6.45) is -0.530. The van der Waals surface area contributed by atoms with Crippen LogP contribution in [0, 0.1) is 17.8 Å². The van der Waals surface area contributed by atoms with Crippen LogP contribution in [0.5, 0.6) is 5.75 Å². The maximum absolute atomic E-state index is 11.7. The molecule has 2 aliphatic heterocycles. The molecule has 3 fully saturated rings. The van der Waals surface area contributed by atoms with E-state index in [0.717, 1.165) is 17.7 Å². The second-order valence-corrected chi connectivity index (χ2v) is 11.4. The maximum Gasteiger partial charge on any atom is 0.305 e. The van der Waals surface area contributed by atoms with Gasteiger partial charge < -0.3 is 43.0 Å². The molecular formula is C30H46O10. The Kier molecular flexibility index (Phi) is 11.2. The predicted molar refractivity (Wildman–Crippen MR) is 145 cm³/mol. The van der Waals surface area contributed by atoms with Gasteiger partial charge >= 0.3 is 5.97 Å². The van der Waals surface area contributed by atoms with E-state index in [1.807, 2.05) is 31.2 Å². The summed E-state index contributed by atoms with van der Waals surface area (Å²) >= 11 is 0. The van der Waals surface area contributed by atoms with Crippen molar-refractivity contribution in [1.82, 2.24) is 0 Å². The third-order valence-electron chi connectivity index (χ3n) is 8.72. The Morgan fingerprint density at radius 1 is 1.00 bits per heavy atom. The number of rotatable bonds is 14. The van der Waals surface area contributed by atoms with Crippen LogP contribution in [0.25, 0.3) is 0 Å². The molecule has 2 heterocycles. The van der Waals surface area contributed by atoms with Crippen LogP contribution in [-0.4, -0.2) is 95.1 Å². The van der Waals surface area contributed by atoms with Crippen LogP contribution >= 0.6 is 0 Å². The summed E-state index contributed by atoms with van der Waals surface area (Å²) in [6, 6.07) is 7.88. The van der Waals surface area contributed by atoms with E-state index >= 15 is 0 Å². The molecule has 40 heavy (non-hydrogen) atoms. The molecule has 0 spiro atoms. The fourth-order valence-electron chi connectivity index (χ4n) is 6.06. The zero-order chi connectivity index (χ0) is 28.8. The van der Waals surface area contributed by atoms with E-state index in [0.29, 0.717) is 37.9 Å². The number of hydrogen-bond acceptors (Lipinski definition) is 9. The standard InChI is InChI=1S/C30H46O10/c1-17-11-22(17)25(37-15-19-7-9-20(33-3)10-8-19)13-21-12-23(18(2)24(39-21)14-27(31)32)40-30-29(36-6)28(35-5)26(34-4)16-38-30/h7-10,17-18,21-26,28-30H,11-16H2,1-6H3,(H,31,32)/t17-,18-,21+,22-,23+,24+,25+,26-,28+,29-,30+/m1/s1. The first kappa shape index (κ1) is 31.2. The maximum atomic E-state index is 11.7. The van der Waals surface area contributed by atoms with Gasteiger partial charge in [-0.3, -0.25) is 4.79 Å². The number of methoxy groups -OCH3 is 4. The first-order valence-electron chi connectivity index (χ1n) is 14.2. The van der Waals surface area contributed by atoms with Crippen LogP contribution in [0.2, 0.25) is 0 Å². The summed E-state index contributed by atoms with van der Waals surface area (Å²) in [7, 11) is 6.48. The summed E-state index contributed by atoms with van der Waals surface area (Å²) in [6.45, 7) is 5.01. The van der Waals surface area contributed by atoms with Gasteiger partial charge in [-0.1, -0.05) is 26.0 Å². The van der Waals surface area contributed by atoms with E-state index in [-0.39, 0.29) is 42.9 Å². The van der Waals surface area contributed by atoms with E-state index in [2.05, 4.69) is 6.92 Å². The molecule has 1 aliphatic carbocycles. The minimum Gasteiger partial charge on any atom is -0.497 e. The minimum atomic E-state index is -0.898. The Balaban J connectivity index is 1.45. The Bertz CT molecular complexity index is 926. The highest BCUT2D eigenvalue weighted by Crippen LogP contribution is 2.45. The van der Waals surface area contributed by atoms with Crippen LogP contribution in [-0.2, 0) is 44.6 Å². The molecule has 11 atom stereocenters. The van der Waals surface area contributed by atoms with Crippen molar-refractivity contribution in [3.63, 3.8) is 0 Å². The molecule has 0 unspecified atom stereocenters. The van der Waals surface area contributed by atoms with Gasteiger partial charge in [0.1, 0.15) is 24.1 Å². The molecule has 2 saturated heterocycles. The van der Waals surface area contributed by atoms with Gasteiger partial charge in [-0.2, -0.15) is 0 Å². The normalized spacial score (nSPS) is 36.6. The fraction of sp³-hybridized carbons (Fsp3) is 0.767. The van der Waals surface area contributed by atoms with Gasteiger partial charge in [0.25, 0.3) is 0 Å². The average Bonchev–Trinajstić information content (AvgIpc) is 3.68. The summed E-state index contributed by atoms with van der Waals surface area (Å²) in [5.74, 6) is 0.789. The molecule has 1 saturated carbocycles. The van der Waals surface area contributed by atoms with Crippen molar-refractivity contribution in [2.75, 3.05) is 35.0 Å². The van der Waals surface area contributed by atoms with Crippen molar-refractivity contribution in [1.29, 1.82) is 0 Å². The van der Waals surface area contributed by atoms with Crippen LogP contribution < -0.4 is 4.74 Å². The number of carbonyl (C=O) groups is 1. The SMILES string of the molecule is COc1ccc(CO[C@@H](C[C@@H]2C[C@H](O[C@@H]3OC[C@@H](OC)[C@H](OC)[C@H]3OC)[C@@H](C)[C@H](CC(=O)O)O2)[C@@H]2C[C@H]2C)cc1. The molecule has 10 nitrogen and oxygen atoms in total. The monoisotopic (exact) mass is 566 g/mol. The van der Waals surface area contributed by atoms with E-state index in [4.69, 9.17) is 37.9 Å². The number of benzene rings is 1. The largest absolute Gasteiger partial charge is 0.497 e. The summed E-state index contributed by atoms with van der Waals surface area (Å²) < 4.78 is 47.6. The fourth-order valence-corrected chi connectivity index (χ4v) is 6.06. The van der Waals surface area contributed by atoms with Gasteiger partial charge in [-0.25, -0.2) is 0 Å². The van der Waals surface area contributed by atoms with E-state index in [1.165, 1.54) is 0 Å². The molecule has 3 aliphatic rings. The molecule has 0 aromatic heterocycles. The average molecular weight is 567 g/mol. The van der Waals surface area contributed by atoms with Gasteiger partial charge in [0.15, 0.2) is 6.29 Å². The number of ether oxygens (including phenoxy) is 8. The van der Waals surface area contributed by atoms with Crippen LogP contribution in [0.4, 0.5) is 0 Å². The highest BCUT2D eigenvalue weighted by atomic mass is 16.7. The molecule has 0 radical (unpaired) electrons. The molecule has 1 aromatic rings. The molecule has 0 amide bonds. The Labute approximate surface area is 237 Å². The smallest absolute Gasteiger partial charge is 0.305 e. The van der Waals surface area contributed by atoms with Gasteiger partial charge in [0, 0.05) is 40.1 Å². The molecule has 4 rings (SSSR count). The third kappa shape index (κ3) is 7.73. The highest BCUT2D eigenvalue weighted by Gasteiger charge is 2.47. The van der Waals surface area contributed by atoms with Crippen molar-refractivity contribution in [3.05, 3.63) is 29.8 Å². The lowest BCUT2D eigenvalue weighted by molar-refractivity contribution is -0.309. The van der Waals surface area contributed by atoms with Crippen molar-refractivity contribution >= 4 is 5.97 Å². The lowest BCUT2D eigenvalue weighted by atomic mass is 9.86. The summed E-state index contributed by atoms with van der Waals surface area (Å²) in [5, 5.41) is 9.61. The second kappa shape index (κ2) is 14.4. The Hall–Kier alpha value is -1.79. The lowest BCUT2D eigenvalue weighted by Crippen LogP contribution is -2.58. The van der Waals surface area contributed by atoms with E-state index in [9.17, 15) is 9.90 Å². The predicted octanol–water partition coefficient (Wildman–Crippen LogP) is 3.68. The lowest BCUT2D eigenvalue weighted by Gasteiger charge is -2.45. The van der Waals surface area contributed by atoms with E-state index in [1.54, 1.807) is 28.4 Å². The quantitative estimate of drug-likeness (QED) is 0.358. The topological polar surface area (TPSA) is 111 Å². The number of aliphatic carboxylic acids is 1. The molecule has 10 heteroatoms. The number of hydrogen-bond donors (Lipinski definition) is 1. The van der Waals surface area contributed by atoms with Gasteiger partial charge in [0.05, 0.1) is 51.2 Å². The Morgan fingerprint density at radius 3 is 2.27 bits per heavy atom. The molecule has 1 N–H and O–H groups in total. The first-order valence-corrected chi connectivity index (χ1v) is 14.2. The minimum absolute atomic E-state index is 0.000349. The van der Waals surface area contributed by atoms with E-state index < -0.39 is 24.5 Å². The van der Waals surface area contributed by atoms with Gasteiger partial charge in [-0.05, 0) is 36.0 Å². The molecule has 1 aromatic carbocycles. The third-order valence-corrected chi connectivity index (χ3v) is 8.72. The van der Waals surface area contributed by atoms with Crippen molar-refractivity contribution in [2.24, 2.45) is 17.8 Å². The molecule has 226 valence electrons. The van der Waals surface area contributed by atoms with Crippen molar-refractivity contribution < 1.29 is 47.8 Å². The van der Waals surface area contributed by atoms with Crippen LogP contribution in [0.15, 0.2) is 24.3 Å². The number of carboxylic acid groups (broad SMARTS) is 1. The highest BCUT2D eigenvalue weighted by molar-refractivity contribution is 5.67. The van der Waals surface area contributed by atoms with Crippen LogP contribution in [0.1, 0.15) is 45.1 Å². The van der Waals surface area contributed by atoms with Crippen LogP contribution in [0.3, 0.4) is 0 Å².